The molecule has 1 heterocycles. The molecule has 0 aliphatic heterocycles. The Labute approximate surface area is 127 Å². The molecule has 0 atom stereocenters. The van der Waals surface area contributed by atoms with Gasteiger partial charge in [-0.15, -0.1) is 0 Å². The first-order chi connectivity index (χ1) is 9.96. The molecule has 118 valence electrons. The van der Waals surface area contributed by atoms with E-state index >= 15 is 0 Å². The van der Waals surface area contributed by atoms with Gasteiger partial charge in [0.15, 0.2) is 5.82 Å². The highest BCUT2D eigenvalue weighted by Crippen LogP contribution is 2.46. The summed E-state index contributed by atoms with van der Waals surface area (Å²) in [4.78, 5) is 9.10. The Morgan fingerprint density at radius 3 is 2.19 bits per heavy atom. The maximum Gasteiger partial charge on any atom is 0.200 e. The van der Waals surface area contributed by atoms with Crippen molar-refractivity contribution >= 4 is 0 Å². The molecule has 1 aromatic rings. The second-order valence-electron chi connectivity index (χ2n) is 6.47. The molecule has 0 N–H and O–H groups in total. The normalized spacial score (nSPS) is 20.7. The van der Waals surface area contributed by atoms with Gasteiger partial charge in [-0.05, 0) is 37.2 Å². The molecule has 0 saturated heterocycles. The summed E-state index contributed by atoms with van der Waals surface area (Å²) in [6, 6.07) is 1.82. The minimum Gasteiger partial charge on any atom is -0.370 e. The van der Waals surface area contributed by atoms with Crippen molar-refractivity contribution in [2.75, 3.05) is 21.3 Å². The van der Waals surface area contributed by atoms with E-state index in [1.165, 1.54) is 0 Å². The van der Waals surface area contributed by atoms with Crippen molar-refractivity contribution in [2.24, 2.45) is 5.41 Å². The smallest absolute Gasteiger partial charge is 0.200 e. The van der Waals surface area contributed by atoms with Crippen LogP contribution in [0.5, 0.6) is 0 Å². The van der Waals surface area contributed by atoms with Gasteiger partial charge in [0.2, 0.25) is 6.29 Å². The van der Waals surface area contributed by atoms with Crippen LogP contribution in [0.2, 0.25) is 0 Å². The van der Waals surface area contributed by atoms with Crippen LogP contribution in [0.25, 0.3) is 0 Å². The number of methoxy groups -OCH3 is 3. The number of nitrogens with zero attached hydrogens (tertiary/aromatic N) is 2. The van der Waals surface area contributed by atoms with Crippen LogP contribution in [0.15, 0.2) is 12.3 Å². The summed E-state index contributed by atoms with van der Waals surface area (Å²) in [7, 11) is 4.95. The summed E-state index contributed by atoms with van der Waals surface area (Å²) in [5.41, 5.74) is 0.699. The lowest BCUT2D eigenvalue weighted by atomic mass is 9.70. The van der Waals surface area contributed by atoms with Crippen molar-refractivity contribution in [1.29, 1.82) is 0 Å². The second-order valence-corrected chi connectivity index (χ2v) is 6.47. The van der Waals surface area contributed by atoms with Crippen molar-refractivity contribution in [2.45, 2.75) is 51.4 Å². The molecule has 1 aromatic heterocycles. The third kappa shape index (κ3) is 3.42. The maximum atomic E-state index is 5.85. The van der Waals surface area contributed by atoms with Crippen molar-refractivity contribution in [1.82, 2.24) is 9.97 Å². The van der Waals surface area contributed by atoms with E-state index < -0.39 is 11.9 Å². The lowest BCUT2D eigenvalue weighted by molar-refractivity contribution is -0.110. The van der Waals surface area contributed by atoms with Crippen LogP contribution in [0.1, 0.15) is 57.3 Å². The van der Waals surface area contributed by atoms with E-state index in [2.05, 4.69) is 23.8 Å². The van der Waals surface area contributed by atoms with Crippen LogP contribution in [0.3, 0.4) is 0 Å². The third-order valence-electron chi connectivity index (χ3n) is 4.56. The average molecular weight is 294 g/mol. The zero-order valence-corrected chi connectivity index (χ0v) is 13.7. The monoisotopic (exact) mass is 294 g/mol. The Kier molecular flexibility index (Phi) is 4.96. The Bertz CT molecular complexity index is 462. The molecule has 0 amide bonds. The van der Waals surface area contributed by atoms with Crippen molar-refractivity contribution < 1.29 is 14.2 Å². The molecule has 1 saturated carbocycles. The Hall–Kier alpha value is -1.04. The number of rotatable bonds is 5. The van der Waals surface area contributed by atoms with Crippen LogP contribution in [-0.4, -0.2) is 31.3 Å². The van der Waals surface area contributed by atoms with Gasteiger partial charge < -0.3 is 14.2 Å². The second kappa shape index (κ2) is 6.38. The lowest BCUT2D eigenvalue weighted by Crippen LogP contribution is -2.38. The summed E-state index contributed by atoms with van der Waals surface area (Å²) in [5, 5.41) is 0. The first kappa shape index (κ1) is 16.3. The van der Waals surface area contributed by atoms with E-state index in [1.54, 1.807) is 27.5 Å². The minimum atomic E-state index is -0.472. The molecule has 0 bridgehead atoms. The summed E-state index contributed by atoms with van der Waals surface area (Å²) >= 11 is 0. The fourth-order valence-electron chi connectivity index (χ4n) is 2.91. The number of hydrogen-bond donors (Lipinski definition) is 0. The van der Waals surface area contributed by atoms with Gasteiger partial charge in [-0.2, -0.15) is 0 Å². The van der Waals surface area contributed by atoms with Crippen molar-refractivity contribution in [3.8, 4) is 0 Å². The molecule has 0 aromatic carbocycles. The van der Waals surface area contributed by atoms with Crippen molar-refractivity contribution in [3.05, 3.63) is 23.8 Å². The molecule has 1 aliphatic carbocycles. The van der Waals surface area contributed by atoms with Gasteiger partial charge in [0.25, 0.3) is 0 Å². The van der Waals surface area contributed by atoms with Gasteiger partial charge in [-0.25, -0.2) is 9.97 Å². The third-order valence-corrected chi connectivity index (χ3v) is 4.56. The Balaban J connectivity index is 2.29. The SMILES string of the molecule is COC(OC)c1ccnc(C2(OC)CCC(C)(C)CC2)n1. The van der Waals surface area contributed by atoms with Crippen LogP contribution in [-0.2, 0) is 19.8 Å². The van der Waals surface area contributed by atoms with E-state index in [9.17, 15) is 0 Å². The zero-order valence-electron chi connectivity index (χ0n) is 13.7. The molecule has 21 heavy (non-hydrogen) atoms. The molecule has 0 radical (unpaired) electrons. The van der Waals surface area contributed by atoms with E-state index in [0.29, 0.717) is 5.41 Å². The first-order valence-corrected chi connectivity index (χ1v) is 7.40. The Morgan fingerprint density at radius 2 is 1.67 bits per heavy atom. The molecule has 2 rings (SSSR count). The van der Waals surface area contributed by atoms with Crippen molar-refractivity contribution in [3.63, 3.8) is 0 Å². The van der Waals surface area contributed by atoms with Gasteiger partial charge in [-0.3, -0.25) is 0 Å². The van der Waals surface area contributed by atoms with Gasteiger partial charge in [0.05, 0.1) is 0 Å². The van der Waals surface area contributed by atoms with Crippen LogP contribution in [0.4, 0.5) is 0 Å². The summed E-state index contributed by atoms with van der Waals surface area (Å²) in [5.74, 6) is 0.733. The quantitative estimate of drug-likeness (QED) is 0.780. The van der Waals surface area contributed by atoms with Gasteiger partial charge in [0, 0.05) is 27.5 Å². The molecule has 1 aliphatic rings. The molecule has 1 fully saturated rings. The average Bonchev–Trinajstić information content (AvgIpc) is 2.49. The molecule has 5 nitrogen and oxygen atoms in total. The lowest BCUT2D eigenvalue weighted by Gasteiger charge is -2.41. The standard InChI is InChI=1S/C16H26N2O3/c1-15(2)7-9-16(21-5,10-8-15)14-17-11-6-12(18-14)13(19-3)20-4/h6,11,13H,7-10H2,1-5H3. The zero-order chi connectivity index (χ0) is 15.5. The van der Waals surface area contributed by atoms with Crippen LogP contribution in [0, 0.1) is 5.41 Å². The fraction of sp³-hybridized carbons (Fsp3) is 0.750. The minimum absolute atomic E-state index is 0.362. The largest absolute Gasteiger partial charge is 0.370 e. The van der Waals surface area contributed by atoms with E-state index in [1.807, 2.05) is 6.07 Å². The highest BCUT2D eigenvalue weighted by Gasteiger charge is 2.42. The highest BCUT2D eigenvalue weighted by molar-refractivity contribution is 5.11. The number of ether oxygens (including phenoxy) is 3. The molecule has 5 heteroatoms. The predicted octanol–water partition coefficient (Wildman–Crippen LogP) is 3.21. The molecular formula is C16H26N2O3. The van der Waals surface area contributed by atoms with Gasteiger partial charge in [-0.1, -0.05) is 13.8 Å². The maximum absolute atomic E-state index is 5.85. The van der Waals surface area contributed by atoms with Gasteiger partial charge in [0.1, 0.15) is 11.3 Å². The topological polar surface area (TPSA) is 53.5 Å². The van der Waals surface area contributed by atoms with E-state index in [4.69, 9.17) is 14.2 Å². The highest BCUT2D eigenvalue weighted by atomic mass is 16.7. The number of hydrogen-bond acceptors (Lipinski definition) is 5. The molecular weight excluding hydrogens is 268 g/mol. The number of aromatic nitrogens is 2. The molecule has 0 unspecified atom stereocenters. The Morgan fingerprint density at radius 1 is 1.05 bits per heavy atom. The molecule has 0 spiro atoms. The first-order valence-electron chi connectivity index (χ1n) is 7.40. The summed E-state index contributed by atoms with van der Waals surface area (Å²) < 4.78 is 16.4. The van der Waals surface area contributed by atoms with E-state index in [0.717, 1.165) is 37.2 Å². The summed E-state index contributed by atoms with van der Waals surface area (Å²) in [6.45, 7) is 4.60. The van der Waals surface area contributed by atoms with Crippen LogP contribution < -0.4 is 0 Å². The van der Waals surface area contributed by atoms with E-state index in [-0.39, 0.29) is 0 Å². The van der Waals surface area contributed by atoms with Crippen LogP contribution >= 0.6 is 0 Å². The fourth-order valence-corrected chi connectivity index (χ4v) is 2.91. The predicted molar refractivity (Wildman–Crippen MR) is 79.7 cm³/mol. The van der Waals surface area contributed by atoms with Gasteiger partial charge >= 0.3 is 0 Å². The summed E-state index contributed by atoms with van der Waals surface area (Å²) in [6.07, 6.45) is 5.36.